The molecule has 0 atom stereocenters. The maximum atomic E-state index is 12.9. The normalized spacial score (nSPS) is 10.1. The number of hydrogen-bond acceptors (Lipinski definition) is 4. The summed E-state index contributed by atoms with van der Waals surface area (Å²) in [6, 6.07) is 9.87. The fourth-order valence-electron chi connectivity index (χ4n) is 1.66. The number of amides is 1. The first-order valence-corrected chi connectivity index (χ1v) is 7.48. The highest BCUT2D eigenvalue weighted by atomic mass is 35.5. The molecular weight excluding hydrogens is 360 g/mol. The molecule has 0 bridgehead atoms. The Kier molecular flexibility index (Phi) is 6.40. The van der Waals surface area contributed by atoms with Crippen molar-refractivity contribution in [2.75, 3.05) is 18.5 Å². The number of halogens is 3. The first-order valence-electron chi connectivity index (χ1n) is 6.73. The summed E-state index contributed by atoms with van der Waals surface area (Å²) >= 11 is 11.6. The van der Waals surface area contributed by atoms with E-state index in [2.05, 4.69) is 5.32 Å². The fourth-order valence-corrected chi connectivity index (χ4v) is 1.96. The molecule has 0 fully saturated rings. The van der Waals surface area contributed by atoms with Gasteiger partial charge in [-0.1, -0.05) is 29.3 Å². The topological polar surface area (TPSA) is 64.6 Å². The lowest BCUT2D eigenvalue weighted by atomic mass is 10.3. The van der Waals surface area contributed by atoms with E-state index in [1.54, 1.807) is 6.07 Å². The number of carbonyl (C=O) groups excluding carboxylic acids is 2. The van der Waals surface area contributed by atoms with Gasteiger partial charge >= 0.3 is 5.97 Å². The quantitative estimate of drug-likeness (QED) is 0.786. The van der Waals surface area contributed by atoms with Crippen LogP contribution in [0.5, 0.6) is 5.75 Å². The van der Waals surface area contributed by atoms with Crippen molar-refractivity contribution < 1.29 is 23.5 Å². The molecule has 0 saturated heterocycles. The number of anilines is 1. The number of nitrogens with one attached hydrogen (secondary N) is 1. The number of hydrogen-bond donors (Lipinski definition) is 1. The van der Waals surface area contributed by atoms with Crippen LogP contribution < -0.4 is 10.1 Å². The Hall–Kier alpha value is -2.31. The summed E-state index contributed by atoms with van der Waals surface area (Å²) in [5.74, 6) is -1.61. The zero-order chi connectivity index (χ0) is 17.5. The van der Waals surface area contributed by atoms with Gasteiger partial charge in [0.15, 0.2) is 13.2 Å². The number of benzene rings is 2. The van der Waals surface area contributed by atoms with Crippen LogP contribution in [0.2, 0.25) is 10.0 Å². The summed E-state index contributed by atoms with van der Waals surface area (Å²) in [4.78, 5) is 23.2. The van der Waals surface area contributed by atoms with Crippen LogP contribution in [-0.4, -0.2) is 25.1 Å². The Bertz CT molecular complexity index is 755. The van der Waals surface area contributed by atoms with E-state index in [4.69, 9.17) is 32.7 Å². The van der Waals surface area contributed by atoms with Crippen molar-refractivity contribution in [2.24, 2.45) is 0 Å². The van der Waals surface area contributed by atoms with Gasteiger partial charge in [0.2, 0.25) is 0 Å². The third-order valence-corrected chi connectivity index (χ3v) is 3.46. The minimum atomic E-state index is -0.761. The molecule has 126 valence electrons. The van der Waals surface area contributed by atoms with E-state index in [0.29, 0.717) is 10.7 Å². The maximum Gasteiger partial charge on any atom is 0.344 e. The summed E-state index contributed by atoms with van der Waals surface area (Å²) in [5.41, 5.74) is 0.418. The van der Waals surface area contributed by atoms with E-state index in [1.807, 2.05) is 0 Å². The minimum absolute atomic E-state index is 0.187. The van der Waals surface area contributed by atoms with Crippen molar-refractivity contribution in [1.82, 2.24) is 0 Å². The van der Waals surface area contributed by atoms with Crippen LogP contribution in [0.4, 0.5) is 10.1 Å². The van der Waals surface area contributed by atoms with Crippen molar-refractivity contribution in [2.45, 2.75) is 0 Å². The molecule has 0 spiro atoms. The molecule has 1 amide bonds. The zero-order valence-corrected chi connectivity index (χ0v) is 13.7. The standard InChI is InChI=1S/C16H12Cl2FNO4/c17-13-5-4-11(7-14(13)18)20-15(21)8-24-16(22)9-23-12-3-1-2-10(19)6-12/h1-7H,8-9H2,(H,20,21). The Balaban J connectivity index is 1.74. The largest absolute Gasteiger partial charge is 0.482 e. The van der Waals surface area contributed by atoms with Crippen molar-refractivity contribution in [3.8, 4) is 5.75 Å². The van der Waals surface area contributed by atoms with Crippen LogP contribution in [0.25, 0.3) is 0 Å². The molecule has 0 saturated carbocycles. The number of esters is 1. The Labute approximate surface area is 147 Å². The Morgan fingerprint density at radius 3 is 2.54 bits per heavy atom. The molecule has 0 aromatic heterocycles. The van der Waals surface area contributed by atoms with Gasteiger partial charge in [-0.3, -0.25) is 4.79 Å². The summed E-state index contributed by atoms with van der Waals surface area (Å²) < 4.78 is 22.7. The first kappa shape index (κ1) is 18.0. The second-order valence-corrected chi connectivity index (χ2v) is 5.40. The lowest BCUT2D eigenvalue weighted by Crippen LogP contribution is -2.23. The number of rotatable bonds is 6. The third-order valence-electron chi connectivity index (χ3n) is 2.72. The Morgan fingerprint density at radius 2 is 1.83 bits per heavy atom. The van der Waals surface area contributed by atoms with Gasteiger partial charge in [-0.05, 0) is 30.3 Å². The number of ether oxygens (including phenoxy) is 2. The summed E-state index contributed by atoms with van der Waals surface area (Å²) in [7, 11) is 0. The van der Waals surface area contributed by atoms with E-state index in [1.165, 1.54) is 30.3 Å². The molecule has 0 aliphatic carbocycles. The predicted octanol–water partition coefficient (Wildman–Crippen LogP) is 3.69. The molecule has 0 unspecified atom stereocenters. The Morgan fingerprint density at radius 1 is 1.04 bits per heavy atom. The molecule has 0 aliphatic rings. The molecule has 24 heavy (non-hydrogen) atoms. The highest BCUT2D eigenvalue weighted by Crippen LogP contribution is 2.24. The van der Waals surface area contributed by atoms with Crippen LogP contribution in [0.3, 0.4) is 0 Å². The van der Waals surface area contributed by atoms with Crippen LogP contribution >= 0.6 is 23.2 Å². The van der Waals surface area contributed by atoms with Gasteiger partial charge < -0.3 is 14.8 Å². The van der Waals surface area contributed by atoms with Gasteiger partial charge in [-0.25, -0.2) is 9.18 Å². The van der Waals surface area contributed by atoms with E-state index >= 15 is 0 Å². The molecule has 1 N–H and O–H groups in total. The maximum absolute atomic E-state index is 12.9. The molecule has 0 radical (unpaired) electrons. The van der Waals surface area contributed by atoms with Gasteiger partial charge in [0.1, 0.15) is 11.6 Å². The summed E-state index contributed by atoms with van der Waals surface area (Å²) in [5, 5.41) is 3.14. The molecule has 8 heteroatoms. The third kappa shape index (κ3) is 5.72. The SMILES string of the molecule is O=C(COC(=O)COc1cccc(F)c1)Nc1ccc(Cl)c(Cl)c1. The monoisotopic (exact) mass is 371 g/mol. The summed E-state index contributed by atoms with van der Waals surface area (Å²) in [6.45, 7) is -0.935. The van der Waals surface area contributed by atoms with Crippen molar-refractivity contribution in [3.05, 3.63) is 58.3 Å². The van der Waals surface area contributed by atoms with Crippen LogP contribution in [0, 0.1) is 5.82 Å². The van der Waals surface area contributed by atoms with Gasteiger partial charge in [0, 0.05) is 11.8 Å². The lowest BCUT2D eigenvalue weighted by Gasteiger charge is -2.08. The molecule has 2 rings (SSSR count). The lowest BCUT2D eigenvalue weighted by molar-refractivity contribution is -0.149. The number of carbonyl (C=O) groups is 2. The second-order valence-electron chi connectivity index (χ2n) is 4.58. The average Bonchev–Trinajstić information content (AvgIpc) is 2.54. The van der Waals surface area contributed by atoms with E-state index < -0.39 is 30.9 Å². The highest BCUT2D eigenvalue weighted by molar-refractivity contribution is 6.42. The van der Waals surface area contributed by atoms with Gasteiger partial charge in [-0.2, -0.15) is 0 Å². The van der Waals surface area contributed by atoms with Crippen molar-refractivity contribution in [1.29, 1.82) is 0 Å². The van der Waals surface area contributed by atoms with Gasteiger partial charge in [-0.15, -0.1) is 0 Å². The van der Waals surface area contributed by atoms with Gasteiger partial charge in [0.25, 0.3) is 5.91 Å². The predicted molar refractivity (Wildman–Crippen MR) is 87.9 cm³/mol. The van der Waals surface area contributed by atoms with Crippen LogP contribution in [0.1, 0.15) is 0 Å². The summed E-state index contributed by atoms with van der Waals surface area (Å²) in [6.07, 6.45) is 0. The van der Waals surface area contributed by atoms with E-state index in [9.17, 15) is 14.0 Å². The second kappa shape index (κ2) is 8.52. The first-order chi connectivity index (χ1) is 11.4. The van der Waals surface area contributed by atoms with Crippen LogP contribution in [-0.2, 0) is 14.3 Å². The van der Waals surface area contributed by atoms with Crippen LogP contribution in [0.15, 0.2) is 42.5 Å². The zero-order valence-electron chi connectivity index (χ0n) is 12.2. The molecule has 2 aromatic carbocycles. The van der Waals surface area contributed by atoms with Crippen molar-refractivity contribution in [3.63, 3.8) is 0 Å². The van der Waals surface area contributed by atoms with E-state index in [0.717, 1.165) is 6.07 Å². The molecule has 5 nitrogen and oxygen atoms in total. The molecular formula is C16H12Cl2FNO4. The molecule has 0 aliphatic heterocycles. The highest BCUT2D eigenvalue weighted by Gasteiger charge is 2.10. The molecule has 0 heterocycles. The van der Waals surface area contributed by atoms with E-state index in [-0.39, 0.29) is 10.8 Å². The average molecular weight is 372 g/mol. The van der Waals surface area contributed by atoms with Gasteiger partial charge in [0.05, 0.1) is 10.0 Å². The smallest absolute Gasteiger partial charge is 0.344 e. The fraction of sp³-hybridized carbons (Fsp3) is 0.125. The van der Waals surface area contributed by atoms with Crippen molar-refractivity contribution >= 4 is 40.8 Å². The molecule has 2 aromatic rings. The minimum Gasteiger partial charge on any atom is -0.482 e.